The normalized spacial score (nSPS) is 20.2. The summed E-state index contributed by atoms with van der Waals surface area (Å²) in [5.41, 5.74) is 9.13. The molecule has 1 heterocycles. The molecule has 2 aliphatic rings. The lowest BCUT2D eigenvalue weighted by atomic mass is 9.66. The Kier molecular flexibility index (Phi) is 5.96. The lowest BCUT2D eigenvalue weighted by Crippen LogP contribution is -2.35. The zero-order valence-corrected chi connectivity index (χ0v) is 21.9. The van der Waals surface area contributed by atoms with Gasteiger partial charge in [-0.2, -0.15) is 10.4 Å². The second kappa shape index (κ2) is 9.46. The van der Waals surface area contributed by atoms with E-state index in [0.717, 1.165) is 46.6 Å². The van der Waals surface area contributed by atoms with Gasteiger partial charge in [0, 0.05) is 42.7 Å². The van der Waals surface area contributed by atoms with Crippen LogP contribution in [0.25, 0.3) is 28.1 Å². The van der Waals surface area contributed by atoms with Gasteiger partial charge < -0.3 is 4.90 Å². The summed E-state index contributed by atoms with van der Waals surface area (Å²) >= 11 is 0. The molecule has 0 radical (unpaired) electrons. The first-order valence-electron chi connectivity index (χ1n) is 13.2. The van der Waals surface area contributed by atoms with E-state index in [9.17, 15) is 10.1 Å². The molecule has 5 nitrogen and oxygen atoms in total. The third-order valence-corrected chi connectivity index (χ3v) is 8.19. The summed E-state index contributed by atoms with van der Waals surface area (Å²) in [5.74, 6) is -0.0648. The summed E-state index contributed by atoms with van der Waals surface area (Å²) in [6, 6.07) is 29.5. The van der Waals surface area contributed by atoms with Crippen molar-refractivity contribution < 1.29 is 4.79 Å². The van der Waals surface area contributed by atoms with Crippen molar-refractivity contribution >= 4 is 11.5 Å². The molecule has 0 saturated carbocycles. The summed E-state index contributed by atoms with van der Waals surface area (Å²) in [6.07, 6.45) is 3.68. The summed E-state index contributed by atoms with van der Waals surface area (Å²) < 4.78 is 2.06. The molecule has 6 rings (SSSR count). The molecule has 188 valence electrons. The predicted molar refractivity (Wildman–Crippen MR) is 151 cm³/mol. The molecule has 0 N–H and O–H groups in total. The van der Waals surface area contributed by atoms with Gasteiger partial charge in [0.1, 0.15) is 6.07 Å². The molecule has 0 spiro atoms. The highest BCUT2D eigenvalue weighted by molar-refractivity contribution is 6.01. The van der Waals surface area contributed by atoms with Crippen LogP contribution in [0.1, 0.15) is 30.5 Å². The smallest absolute Gasteiger partial charge is 0.176 e. The monoisotopic (exact) mass is 498 g/mol. The van der Waals surface area contributed by atoms with Crippen molar-refractivity contribution in [3.8, 4) is 34.1 Å². The number of anilines is 1. The molecular weight excluding hydrogens is 468 g/mol. The van der Waals surface area contributed by atoms with E-state index >= 15 is 0 Å². The Labute approximate surface area is 223 Å². The van der Waals surface area contributed by atoms with Crippen LogP contribution in [0.3, 0.4) is 0 Å². The fourth-order valence-corrected chi connectivity index (χ4v) is 6.07. The molecule has 3 atom stereocenters. The topological polar surface area (TPSA) is 61.9 Å². The number of ketones is 1. The molecule has 2 aliphatic carbocycles. The van der Waals surface area contributed by atoms with Gasteiger partial charge in [-0.05, 0) is 54.2 Å². The number of benzene rings is 3. The van der Waals surface area contributed by atoms with Gasteiger partial charge in [0.15, 0.2) is 5.78 Å². The molecule has 0 fully saturated rings. The van der Waals surface area contributed by atoms with Crippen molar-refractivity contribution in [1.82, 2.24) is 9.78 Å². The number of nitriles is 1. The summed E-state index contributed by atoms with van der Waals surface area (Å²) in [5, 5.41) is 14.9. The first kappa shape index (κ1) is 23.9. The molecule has 5 heteroatoms. The number of carbonyl (C=O) groups is 1. The Morgan fingerprint density at radius 1 is 0.921 bits per heavy atom. The zero-order chi connectivity index (χ0) is 26.4. The van der Waals surface area contributed by atoms with Crippen molar-refractivity contribution in [2.45, 2.75) is 25.7 Å². The average Bonchev–Trinajstić information content (AvgIpc) is 3.35. The van der Waals surface area contributed by atoms with Crippen LogP contribution in [0, 0.1) is 23.2 Å². The summed E-state index contributed by atoms with van der Waals surface area (Å²) in [7, 11) is 4.08. The van der Waals surface area contributed by atoms with Crippen LogP contribution in [0.15, 0.2) is 90.5 Å². The number of allylic oxidation sites excluding steroid dienone is 2. The van der Waals surface area contributed by atoms with Gasteiger partial charge in [-0.15, -0.1) is 0 Å². The van der Waals surface area contributed by atoms with Crippen molar-refractivity contribution in [2.75, 3.05) is 19.0 Å². The number of aromatic nitrogens is 2. The molecule has 0 saturated heterocycles. The SMILES string of the molecule is CC1C(=O)C(C#N)=CC2c3c(c(-c4ccccc4)nn3-c3ccc(-c4ccc(N(C)C)cc4)cc3)CCC12. The maximum Gasteiger partial charge on any atom is 0.176 e. The van der Waals surface area contributed by atoms with Crippen LogP contribution in [0.2, 0.25) is 0 Å². The second-order valence-electron chi connectivity index (χ2n) is 10.6. The number of hydrogen-bond donors (Lipinski definition) is 0. The Morgan fingerprint density at radius 3 is 2.21 bits per heavy atom. The average molecular weight is 499 g/mol. The Morgan fingerprint density at radius 2 is 1.58 bits per heavy atom. The molecule has 3 unspecified atom stereocenters. The highest BCUT2D eigenvalue weighted by Crippen LogP contribution is 2.48. The minimum absolute atomic E-state index is 0.0238. The van der Waals surface area contributed by atoms with Crippen LogP contribution >= 0.6 is 0 Å². The molecule has 3 aromatic carbocycles. The van der Waals surface area contributed by atoms with Gasteiger partial charge in [-0.1, -0.05) is 67.6 Å². The number of rotatable bonds is 4. The van der Waals surface area contributed by atoms with E-state index in [-0.39, 0.29) is 29.1 Å². The lowest BCUT2D eigenvalue weighted by Gasteiger charge is -2.37. The van der Waals surface area contributed by atoms with Crippen molar-refractivity contribution in [2.24, 2.45) is 11.8 Å². The number of fused-ring (bicyclic) bond motifs is 3. The molecule has 38 heavy (non-hydrogen) atoms. The number of carbonyl (C=O) groups excluding carboxylic acids is 1. The van der Waals surface area contributed by atoms with E-state index < -0.39 is 0 Å². The van der Waals surface area contributed by atoms with E-state index in [1.165, 1.54) is 11.3 Å². The van der Waals surface area contributed by atoms with E-state index in [1.54, 1.807) is 0 Å². The largest absolute Gasteiger partial charge is 0.378 e. The minimum atomic E-state index is -0.177. The standard InChI is InChI=1S/C33H30N4O/c1-21-28-17-18-29-31(24-7-5-4-6-8-24)35-37(32(29)30(28)19-25(20-34)33(21)38)27-15-11-23(12-16-27)22-9-13-26(14-10-22)36(2)3/h4-16,19,21,28,30H,17-18H2,1-3H3. The maximum absolute atomic E-state index is 12.8. The van der Waals surface area contributed by atoms with Crippen LogP contribution < -0.4 is 4.90 Å². The number of Topliss-reactive ketones (excluding diaryl/α,β-unsaturated/α-hetero) is 1. The van der Waals surface area contributed by atoms with Gasteiger partial charge >= 0.3 is 0 Å². The summed E-state index contributed by atoms with van der Waals surface area (Å²) in [4.78, 5) is 14.9. The van der Waals surface area contributed by atoms with E-state index in [4.69, 9.17) is 5.10 Å². The van der Waals surface area contributed by atoms with Crippen LogP contribution in [0.5, 0.6) is 0 Å². The van der Waals surface area contributed by atoms with Gasteiger partial charge in [0.25, 0.3) is 0 Å². The first-order chi connectivity index (χ1) is 18.5. The quantitative estimate of drug-likeness (QED) is 0.319. The van der Waals surface area contributed by atoms with Crippen LogP contribution in [0.4, 0.5) is 5.69 Å². The number of nitrogens with zero attached hydrogens (tertiary/aromatic N) is 4. The maximum atomic E-state index is 12.8. The third kappa shape index (κ3) is 3.94. The highest BCUT2D eigenvalue weighted by atomic mass is 16.1. The Bertz CT molecular complexity index is 1570. The third-order valence-electron chi connectivity index (χ3n) is 8.19. The van der Waals surface area contributed by atoms with Gasteiger partial charge in [0.05, 0.1) is 22.6 Å². The Balaban J connectivity index is 1.47. The van der Waals surface area contributed by atoms with E-state index in [1.807, 2.05) is 45.3 Å². The second-order valence-corrected chi connectivity index (χ2v) is 10.6. The van der Waals surface area contributed by atoms with Gasteiger partial charge in [-0.3, -0.25) is 4.79 Å². The van der Waals surface area contributed by atoms with Crippen molar-refractivity contribution in [3.63, 3.8) is 0 Å². The fraction of sp³-hybridized carbons (Fsp3) is 0.242. The van der Waals surface area contributed by atoms with E-state index in [2.05, 4.69) is 76.3 Å². The molecule has 1 aromatic heterocycles. The number of hydrogen-bond acceptors (Lipinski definition) is 4. The van der Waals surface area contributed by atoms with Gasteiger partial charge in [0.2, 0.25) is 0 Å². The molecule has 0 bridgehead atoms. The van der Waals surface area contributed by atoms with Gasteiger partial charge in [-0.25, -0.2) is 4.68 Å². The predicted octanol–water partition coefficient (Wildman–Crippen LogP) is 6.59. The fourth-order valence-electron chi connectivity index (χ4n) is 6.07. The minimum Gasteiger partial charge on any atom is -0.378 e. The molecular formula is C33H30N4O. The molecule has 0 aliphatic heterocycles. The highest BCUT2D eigenvalue weighted by Gasteiger charge is 2.43. The molecule has 0 amide bonds. The van der Waals surface area contributed by atoms with E-state index in [0.29, 0.717) is 0 Å². The van der Waals surface area contributed by atoms with Crippen LogP contribution in [-0.2, 0) is 11.2 Å². The van der Waals surface area contributed by atoms with Crippen molar-refractivity contribution in [3.05, 3.63) is 102 Å². The molecule has 4 aromatic rings. The first-order valence-corrected chi connectivity index (χ1v) is 13.2. The van der Waals surface area contributed by atoms with Crippen LogP contribution in [-0.4, -0.2) is 29.7 Å². The van der Waals surface area contributed by atoms with Crippen molar-refractivity contribution in [1.29, 1.82) is 5.26 Å². The lowest BCUT2D eigenvalue weighted by molar-refractivity contribution is -0.120. The Hall–Kier alpha value is -4.43. The zero-order valence-electron chi connectivity index (χ0n) is 21.9. The summed E-state index contributed by atoms with van der Waals surface area (Å²) in [6.45, 7) is 1.98.